The number of methoxy groups -OCH3 is 1. The highest BCUT2D eigenvalue weighted by atomic mass is 16.5. The number of carbonyl (C=O) groups excluding carboxylic acids is 1. The Hall–Kier alpha value is -2.49. The highest BCUT2D eigenvalue weighted by molar-refractivity contribution is 5.94. The predicted octanol–water partition coefficient (Wildman–Crippen LogP) is 3.06. The SMILES string of the molecule is CCNc1ccc(C(=O)NCc2cccc(OC)c2)cc1. The largest absolute Gasteiger partial charge is 0.497 e. The molecule has 4 heteroatoms. The van der Waals surface area contributed by atoms with Crippen LogP contribution >= 0.6 is 0 Å². The van der Waals surface area contributed by atoms with Crippen molar-refractivity contribution in [1.82, 2.24) is 5.32 Å². The minimum absolute atomic E-state index is 0.0825. The molecule has 0 unspecified atom stereocenters. The lowest BCUT2D eigenvalue weighted by Gasteiger charge is -2.08. The molecule has 0 saturated carbocycles. The molecule has 0 fully saturated rings. The summed E-state index contributed by atoms with van der Waals surface area (Å²) in [5.74, 6) is 0.706. The van der Waals surface area contributed by atoms with Crippen LogP contribution in [-0.4, -0.2) is 19.6 Å². The molecule has 0 bridgehead atoms. The van der Waals surface area contributed by atoms with E-state index in [1.807, 2.05) is 55.5 Å². The Morgan fingerprint density at radius 1 is 1.14 bits per heavy atom. The van der Waals surface area contributed by atoms with E-state index in [1.54, 1.807) is 7.11 Å². The molecule has 0 aliphatic heterocycles. The van der Waals surface area contributed by atoms with Gasteiger partial charge in [0, 0.05) is 24.3 Å². The number of ether oxygens (including phenoxy) is 1. The molecular formula is C17H20N2O2. The fourth-order valence-electron chi connectivity index (χ4n) is 2.01. The van der Waals surface area contributed by atoms with E-state index in [0.29, 0.717) is 12.1 Å². The molecule has 2 aromatic carbocycles. The van der Waals surface area contributed by atoms with Gasteiger partial charge in [-0.15, -0.1) is 0 Å². The van der Waals surface area contributed by atoms with Crippen molar-refractivity contribution in [3.05, 3.63) is 59.7 Å². The van der Waals surface area contributed by atoms with Gasteiger partial charge in [0.2, 0.25) is 0 Å². The maximum atomic E-state index is 12.1. The number of benzene rings is 2. The van der Waals surface area contributed by atoms with E-state index in [9.17, 15) is 4.79 Å². The molecule has 4 nitrogen and oxygen atoms in total. The summed E-state index contributed by atoms with van der Waals surface area (Å²) in [6.45, 7) is 3.38. The van der Waals surface area contributed by atoms with Crippen LogP contribution in [-0.2, 0) is 6.54 Å². The Bertz CT molecular complexity index is 594. The van der Waals surface area contributed by atoms with Crippen LogP contribution in [0.3, 0.4) is 0 Å². The number of hydrogen-bond donors (Lipinski definition) is 2. The fourth-order valence-corrected chi connectivity index (χ4v) is 2.01. The van der Waals surface area contributed by atoms with Crippen LogP contribution in [0.2, 0.25) is 0 Å². The van der Waals surface area contributed by atoms with Gasteiger partial charge in [0.05, 0.1) is 7.11 Å². The minimum atomic E-state index is -0.0825. The smallest absolute Gasteiger partial charge is 0.251 e. The Balaban J connectivity index is 1.94. The molecular weight excluding hydrogens is 264 g/mol. The van der Waals surface area contributed by atoms with Gasteiger partial charge in [-0.25, -0.2) is 0 Å². The fraction of sp³-hybridized carbons (Fsp3) is 0.235. The van der Waals surface area contributed by atoms with Crippen molar-refractivity contribution in [3.8, 4) is 5.75 Å². The second kappa shape index (κ2) is 7.33. The molecule has 0 radical (unpaired) electrons. The van der Waals surface area contributed by atoms with Gasteiger partial charge in [-0.2, -0.15) is 0 Å². The van der Waals surface area contributed by atoms with Gasteiger partial charge < -0.3 is 15.4 Å². The van der Waals surface area contributed by atoms with Crippen molar-refractivity contribution in [2.45, 2.75) is 13.5 Å². The zero-order chi connectivity index (χ0) is 15.1. The van der Waals surface area contributed by atoms with Gasteiger partial charge in [0.1, 0.15) is 5.75 Å². The molecule has 0 atom stereocenters. The van der Waals surface area contributed by atoms with E-state index in [1.165, 1.54) is 0 Å². The van der Waals surface area contributed by atoms with Crippen LogP contribution in [0, 0.1) is 0 Å². The first-order chi connectivity index (χ1) is 10.2. The Kier molecular flexibility index (Phi) is 5.21. The van der Waals surface area contributed by atoms with E-state index >= 15 is 0 Å². The first-order valence-corrected chi connectivity index (χ1v) is 6.98. The Morgan fingerprint density at radius 3 is 2.57 bits per heavy atom. The lowest BCUT2D eigenvalue weighted by Crippen LogP contribution is -2.22. The van der Waals surface area contributed by atoms with Crippen LogP contribution in [0.25, 0.3) is 0 Å². The summed E-state index contributed by atoms with van der Waals surface area (Å²) < 4.78 is 5.16. The lowest BCUT2D eigenvalue weighted by molar-refractivity contribution is 0.0951. The minimum Gasteiger partial charge on any atom is -0.497 e. The van der Waals surface area contributed by atoms with E-state index in [-0.39, 0.29) is 5.91 Å². The van der Waals surface area contributed by atoms with E-state index in [2.05, 4.69) is 10.6 Å². The zero-order valence-electron chi connectivity index (χ0n) is 12.3. The summed E-state index contributed by atoms with van der Waals surface area (Å²) in [7, 11) is 1.63. The number of carbonyl (C=O) groups is 1. The average Bonchev–Trinajstić information content (AvgIpc) is 2.54. The molecule has 1 amide bonds. The van der Waals surface area contributed by atoms with E-state index < -0.39 is 0 Å². The van der Waals surface area contributed by atoms with Gasteiger partial charge in [0.15, 0.2) is 0 Å². The molecule has 0 aromatic heterocycles. The van der Waals surface area contributed by atoms with Crippen LogP contribution in [0.1, 0.15) is 22.8 Å². The van der Waals surface area contributed by atoms with Gasteiger partial charge in [-0.3, -0.25) is 4.79 Å². The summed E-state index contributed by atoms with van der Waals surface area (Å²) in [6, 6.07) is 15.1. The Morgan fingerprint density at radius 2 is 1.90 bits per heavy atom. The number of anilines is 1. The molecule has 2 rings (SSSR count). The van der Waals surface area contributed by atoms with Crippen LogP contribution in [0.5, 0.6) is 5.75 Å². The first kappa shape index (κ1) is 14.9. The maximum absolute atomic E-state index is 12.1. The van der Waals surface area contributed by atoms with Crippen molar-refractivity contribution in [2.24, 2.45) is 0 Å². The quantitative estimate of drug-likeness (QED) is 0.857. The summed E-state index contributed by atoms with van der Waals surface area (Å²) in [6.07, 6.45) is 0. The highest BCUT2D eigenvalue weighted by Crippen LogP contribution is 2.13. The molecule has 21 heavy (non-hydrogen) atoms. The van der Waals surface area contributed by atoms with Crippen molar-refractivity contribution in [2.75, 3.05) is 19.0 Å². The van der Waals surface area contributed by atoms with Gasteiger partial charge >= 0.3 is 0 Å². The second-order valence-corrected chi connectivity index (χ2v) is 4.64. The number of hydrogen-bond acceptors (Lipinski definition) is 3. The monoisotopic (exact) mass is 284 g/mol. The molecule has 2 N–H and O–H groups in total. The summed E-state index contributed by atoms with van der Waals surface area (Å²) in [4.78, 5) is 12.1. The summed E-state index contributed by atoms with van der Waals surface area (Å²) in [5, 5.41) is 6.10. The second-order valence-electron chi connectivity index (χ2n) is 4.64. The summed E-state index contributed by atoms with van der Waals surface area (Å²) in [5.41, 5.74) is 2.67. The van der Waals surface area contributed by atoms with E-state index in [0.717, 1.165) is 23.5 Å². The van der Waals surface area contributed by atoms with Gasteiger partial charge in [-0.1, -0.05) is 12.1 Å². The van der Waals surface area contributed by atoms with Crippen molar-refractivity contribution < 1.29 is 9.53 Å². The number of rotatable bonds is 6. The third-order valence-electron chi connectivity index (χ3n) is 3.12. The maximum Gasteiger partial charge on any atom is 0.251 e. The normalized spacial score (nSPS) is 10.0. The molecule has 0 heterocycles. The first-order valence-electron chi connectivity index (χ1n) is 6.98. The predicted molar refractivity (Wildman–Crippen MR) is 84.8 cm³/mol. The van der Waals surface area contributed by atoms with Crippen LogP contribution < -0.4 is 15.4 Å². The zero-order valence-corrected chi connectivity index (χ0v) is 12.3. The van der Waals surface area contributed by atoms with Crippen molar-refractivity contribution in [3.63, 3.8) is 0 Å². The number of nitrogens with one attached hydrogen (secondary N) is 2. The standard InChI is InChI=1S/C17H20N2O2/c1-3-18-15-9-7-14(8-10-15)17(20)19-12-13-5-4-6-16(11-13)21-2/h4-11,18H,3,12H2,1-2H3,(H,19,20). The molecule has 0 saturated heterocycles. The molecule has 0 aliphatic carbocycles. The number of amides is 1. The lowest BCUT2D eigenvalue weighted by atomic mass is 10.1. The Labute approximate surface area is 125 Å². The van der Waals surface area contributed by atoms with Crippen molar-refractivity contribution in [1.29, 1.82) is 0 Å². The third kappa shape index (κ3) is 4.24. The topological polar surface area (TPSA) is 50.4 Å². The highest BCUT2D eigenvalue weighted by Gasteiger charge is 2.05. The van der Waals surface area contributed by atoms with E-state index in [4.69, 9.17) is 4.74 Å². The molecule has 0 spiro atoms. The third-order valence-corrected chi connectivity index (χ3v) is 3.12. The van der Waals surface area contributed by atoms with Gasteiger partial charge in [-0.05, 0) is 48.9 Å². The average molecular weight is 284 g/mol. The molecule has 110 valence electrons. The summed E-state index contributed by atoms with van der Waals surface area (Å²) >= 11 is 0. The van der Waals surface area contributed by atoms with Crippen LogP contribution in [0.15, 0.2) is 48.5 Å². The molecule has 0 aliphatic rings. The molecule has 2 aromatic rings. The van der Waals surface area contributed by atoms with Crippen molar-refractivity contribution >= 4 is 11.6 Å². The van der Waals surface area contributed by atoms with Crippen LogP contribution in [0.4, 0.5) is 5.69 Å². The van der Waals surface area contributed by atoms with Gasteiger partial charge in [0.25, 0.3) is 5.91 Å².